The summed E-state index contributed by atoms with van der Waals surface area (Å²) in [7, 11) is 0. The second-order valence-electron chi connectivity index (χ2n) is 3.35. The second kappa shape index (κ2) is 4.10. The first-order chi connectivity index (χ1) is 5.72. The summed E-state index contributed by atoms with van der Waals surface area (Å²) in [5, 5.41) is 0. The van der Waals surface area contributed by atoms with Gasteiger partial charge in [-0.3, -0.25) is 4.79 Å². The van der Waals surface area contributed by atoms with Crippen LogP contribution < -0.4 is 0 Å². The summed E-state index contributed by atoms with van der Waals surface area (Å²) in [6.07, 6.45) is 2.76. The van der Waals surface area contributed by atoms with E-state index in [2.05, 4.69) is 13.8 Å². The van der Waals surface area contributed by atoms with E-state index in [4.69, 9.17) is 4.42 Å². The molecule has 0 N–H and O–H groups in total. The molecule has 1 aromatic heterocycles. The monoisotopic (exact) mass is 166 g/mol. The molecular formula is C10H14O2. The van der Waals surface area contributed by atoms with Crippen molar-refractivity contribution in [1.29, 1.82) is 0 Å². The molecule has 66 valence electrons. The molecule has 0 unspecified atom stereocenters. The fourth-order valence-electron chi connectivity index (χ4n) is 1.02. The minimum absolute atomic E-state index is 0.425. The zero-order valence-corrected chi connectivity index (χ0v) is 7.54. The minimum Gasteiger partial charge on any atom is -0.458 e. The smallest absolute Gasteiger partial charge is 0.185 e. The first kappa shape index (κ1) is 9.04. The lowest BCUT2D eigenvalue weighted by atomic mass is 10.1. The average Bonchev–Trinajstić information content (AvgIpc) is 2.48. The van der Waals surface area contributed by atoms with E-state index in [-0.39, 0.29) is 0 Å². The van der Waals surface area contributed by atoms with Gasteiger partial charge in [-0.2, -0.15) is 0 Å². The molecule has 0 saturated heterocycles. The highest BCUT2D eigenvalue weighted by Crippen LogP contribution is 2.11. The first-order valence-electron chi connectivity index (χ1n) is 4.26. The van der Waals surface area contributed by atoms with Crippen molar-refractivity contribution >= 4 is 6.29 Å². The zero-order valence-electron chi connectivity index (χ0n) is 7.54. The number of hydrogen-bond acceptors (Lipinski definition) is 2. The molecule has 2 nitrogen and oxygen atoms in total. The van der Waals surface area contributed by atoms with E-state index in [0.29, 0.717) is 11.7 Å². The summed E-state index contributed by atoms with van der Waals surface area (Å²) >= 11 is 0. The molecule has 0 fully saturated rings. The normalized spacial score (nSPS) is 10.6. The van der Waals surface area contributed by atoms with Gasteiger partial charge in [0.15, 0.2) is 12.0 Å². The van der Waals surface area contributed by atoms with Gasteiger partial charge in [0.2, 0.25) is 0 Å². The Hall–Kier alpha value is -1.05. The predicted molar refractivity (Wildman–Crippen MR) is 47.3 cm³/mol. The van der Waals surface area contributed by atoms with Gasteiger partial charge in [0, 0.05) is 6.42 Å². The van der Waals surface area contributed by atoms with E-state index in [1.807, 2.05) is 6.07 Å². The fourth-order valence-corrected chi connectivity index (χ4v) is 1.02. The van der Waals surface area contributed by atoms with Crippen molar-refractivity contribution < 1.29 is 9.21 Å². The summed E-state index contributed by atoms with van der Waals surface area (Å²) in [6, 6.07) is 3.58. The van der Waals surface area contributed by atoms with Crippen LogP contribution in [0.15, 0.2) is 16.5 Å². The number of carbonyl (C=O) groups is 1. The van der Waals surface area contributed by atoms with Crippen LogP contribution >= 0.6 is 0 Å². The Morgan fingerprint density at radius 3 is 2.75 bits per heavy atom. The van der Waals surface area contributed by atoms with Crippen LogP contribution in [0.2, 0.25) is 0 Å². The SMILES string of the molecule is CC(C)CCc1ccc(C=O)o1. The number of hydrogen-bond donors (Lipinski definition) is 0. The summed E-state index contributed by atoms with van der Waals surface area (Å²) in [4.78, 5) is 10.3. The van der Waals surface area contributed by atoms with E-state index >= 15 is 0 Å². The molecule has 0 aromatic carbocycles. The fraction of sp³-hybridized carbons (Fsp3) is 0.500. The number of aryl methyl sites for hydroxylation is 1. The Balaban J connectivity index is 2.47. The van der Waals surface area contributed by atoms with Crippen LogP contribution in [-0.4, -0.2) is 6.29 Å². The molecular weight excluding hydrogens is 152 g/mol. The highest BCUT2D eigenvalue weighted by molar-refractivity contribution is 5.70. The maximum Gasteiger partial charge on any atom is 0.185 e. The minimum atomic E-state index is 0.425. The average molecular weight is 166 g/mol. The Kier molecular flexibility index (Phi) is 3.09. The quantitative estimate of drug-likeness (QED) is 0.644. The van der Waals surface area contributed by atoms with Crippen molar-refractivity contribution in [1.82, 2.24) is 0 Å². The lowest BCUT2D eigenvalue weighted by Crippen LogP contribution is -1.89. The molecule has 0 aliphatic carbocycles. The third-order valence-corrected chi connectivity index (χ3v) is 1.77. The Labute approximate surface area is 72.6 Å². The number of furan rings is 1. The molecule has 0 aliphatic heterocycles. The lowest BCUT2D eigenvalue weighted by molar-refractivity contribution is 0.109. The third-order valence-electron chi connectivity index (χ3n) is 1.77. The van der Waals surface area contributed by atoms with Crippen LogP contribution in [0.4, 0.5) is 0 Å². The van der Waals surface area contributed by atoms with Gasteiger partial charge in [-0.25, -0.2) is 0 Å². The number of rotatable bonds is 4. The van der Waals surface area contributed by atoms with Gasteiger partial charge in [0.25, 0.3) is 0 Å². The van der Waals surface area contributed by atoms with Crippen LogP contribution in [-0.2, 0) is 6.42 Å². The lowest BCUT2D eigenvalue weighted by Gasteiger charge is -2.00. The molecule has 1 aromatic rings. The molecule has 0 bridgehead atoms. The first-order valence-corrected chi connectivity index (χ1v) is 4.26. The maximum atomic E-state index is 10.3. The van der Waals surface area contributed by atoms with Gasteiger partial charge in [-0.1, -0.05) is 13.8 Å². The molecule has 0 spiro atoms. The van der Waals surface area contributed by atoms with Crippen molar-refractivity contribution in [3.63, 3.8) is 0 Å². The molecule has 1 rings (SSSR count). The van der Waals surface area contributed by atoms with Gasteiger partial charge in [-0.15, -0.1) is 0 Å². The highest BCUT2D eigenvalue weighted by Gasteiger charge is 2.01. The predicted octanol–water partition coefficient (Wildman–Crippen LogP) is 2.68. The van der Waals surface area contributed by atoms with Gasteiger partial charge < -0.3 is 4.42 Å². The van der Waals surface area contributed by atoms with Gasteiger partial charge in [0.1, 0.15) is 5.76 Å². The Morgan fingerprint density at radius 2 is 2.25 bits per heavy atom. The summed E-state index contributed by atoms with van der Waals surface area (Å²) in [6.45, 7) is 4.34. The molecule has 2 heteroatoms. The van der Waals surface area contributed by atoms with E-state index in [9.17, 15) is 4.79 Å². The van der Waals surface area contributed by atoms with Crippen LogP contribution in [0.5, 0.6) is 0 Å². The van der Waals surface area contributed by atoms with E-state index in [1.54, 1.807) is 6.07 Å². The van der Waals surface area contributed by atoms with Crippen molar-refractivity contribution in [2.75, 3.05) is 0 Å². The molecule has 0 saturated carbocycles. The molecule has 0 amide bonds. The van der Waals surface area contributed by atoms with E-state index < -0.39 is 0 Å². The van der Waals surface area contributed by atoms with Gasteiger partial charge in [-0.05, 0) is 24.5 Å². The highest BCUT2D eigenvalue weighted by atomic mass is 16.3. The maximum absolute atomic E-state index is 10.3. The summed E-state index contributed by atoms with van der Waals surface area (Å²) in [5.74, 6) is 2.01. The summed E-state index contributed by atoms with van der Waals surface area (Å²) < 4.78 is 5.22. The Bertz CT molecular complexity index is 248. The standard InChI is InChI=1S/C10H14O2/c1-8(2)3-4-9-5-6-10(7-11)12-9/h5-8H,3-4H2,1-2H3. The largest absolute Gasteiger partial charge is 0.458 e. The second-order valence-corrected chi connectivity index (χ2v) is 3.35. The van der Waals surface area contributed by atoms with Crippen molar-refractivity contribution in [2.24, 2.45) is 5.92 Å². The van der Waals surface area contributed by atoms with Crippen LogP contribution in [0.1, 0.15) is 36.6 Å². The molecule has 0 aliphatic rings. The van der Waals surface area contributed by atoms with Crippen molar-refractivity contribution in [3.8, 4) is 0 Å². The molecule has 12 heavy (non-hydrogen) atoms. The van der Waals surface area contributed by atoms with Gasteiger partial charge in [0.05, 0.1) is 0 Å². The summed E-state index contributed by atoms with van der Waals surface area (Å²) in [5.41, 5.74) is 0. The zero-order chi connectivity index (χ0) is 8.97. The van der Waals surface area contributed by atoms with Gasteiger partial charge >= 0.3 is 0 Å². The topological polar surface area (TPSA) is 30.2 Å². The van der Waals surface area contributed by atoms with E-state index in [0.717, 1.165) is 24.9 Å². The number of aldehydes is 1. The van der Waals surface area contributed by atoms with E-state index in [1.165, 1.54) is 0 Å². The number of carbonyl (C=O) groups excluding carboxylic acids is 1. The van der Waals surface area contributed by atoms with Crippen molar-refractivity contribution in [2.45, 2.75) is 26.7 Å². The molecule has 1 heterocycles. The molecule has 0 atom stereocenters. The van der Waals surface area contributed by atoms with Crippen molar-refractivity contribution in [3.05, 3.63) is 23.7 Å². The van der Waals surface area contributed by atoms with Crippen LogP contribution in [0, 0.1) is 5.92 Å². The van der Waals surface area contributed by atoms with Crippen LogP contribution in [0.3, 0.4) is 0 Å². The third kappa shape index (κ3) is 2.53. The molecule has 0 radical (unpaired) electrons. The Morgan fingerprint density at radius 1 is 1.50 bits per heavy atom. The van der Waals surface area contributed by atoms with Crippen LogP contribution in [0.25, 0.3) is 0 Å².